The molecular formula is H2BaCuLaO. The van der Waals surface area contributed by atoms with Crippen LogP contribution in [0.4, 0.5) is 0 Å². The first-order valence-electron chi connectivity index (χ1n) is 0. The summed E-state index contributed by atoms with van der Waals surface area (Å²) in [6, 6.07) is 0. The van der Waals surface area contributed by atoms with Crippen LogP contribution in [0.2, 0.25) is 0 Å². The van der Waals surface area contributed by atoms with Gasteiger partial charge in [-0.2, -0.15) is 0 Å². The molecule has 0 aliphatic heterocycles. The maximum Gasteiger partial charge on any atom is 0 e. The standard InChI is InChI=1S/Ba.Cu.La.H2O/h;;;1H2. The molecule has 4 heavy (non-hydrogen) atoms. The summed E-state index contributed by atoms with van der Waals surface area (Å²) in [7, 11) is 0. The Morgan fingerprint density at radius 1 is 1.00 bits per heavy atom. The topological polar surface area (TPSA) is 31.5 Å². The van der Waals surface area contributed by atoms with Crippen LogP contribution in [0.5, 0.6) is 0 Å². The molecule has 0 rings (SSSR count). The van der Waals surface area contributed by atoms with Gasteiger partial charge in [0.1, 0.15) is 0 Å². The van der Waals surface area contributed by atoms with Gasteiger partial charge >= 0.3 is 0 Å². The summed E-state index contributed by atoms with van der Waals surface area (Å²) in [4.78, 5) is 0. The van der Waals surface area contributed by atoms with Crippen molar-refractivity contribution < 1.29 is 58.1 Å². The summed E-state index contributed by atoms with van der Waals surface area (Å²) in [6.45, 7) is 0. The Bertz CT molecular complexity index is 8.00. The van der Waals surface area contributed by atoms with E-state index in [9.17, 15) is 0 Å². The third kappa shape index (κ3) is 8.98. The van der Waals surface area contributed by atoms with Crippen LogP contribution in [-0.2, 0) is 17.1 Å². The van der Waals surface area contributed by atoms with Crippen molar-refractivity contribution in [3.63, 3.8) is 0 Å². The molecule has 0 bridgehead atoms. The van der Waals surface area contributed by atoms with E-state index >= 15 is 0 Å². The average molecular weight is 358 g/mol. The summed E-state index contributed by atoms with van der Waals surface area (Å²) in [5.74, 6) is 0. The van der Waals surface area contributed by atoms with Gasteiger partial charge < -0.3 is 5.48 Å². The second-order valence-electron chi connectivity index (χ2n) is 0. The summed E-state index contributed by atoms with van der Waals surface area (Å²) in [5.41, 5.74) is 0. The number of hydrogen-bond acceptors (Lipinski definition) is 0. The molecule has 1 nitrogen and oxygen atoms in total. The van der Waals surface area contributed by atoms with Gasteiger partial charge in [-0.1, -0.05) is 0 Å². The zero-order chi connectivity index (χ0) is 0. The van der Waals surface area contributed by atoms with E-state index in [4.69, 9.17) is 0 Å². The molecule has 0 saturated heterocycles. The first-order chi connectivity index (χ1) is 0. The Labute approximate surface area is 104 Å². The predicted octanol–water partition coefficient (Wildman–Crippen LogP) is -1.21. The minimum absolute atomic E-state index is 0. The molecule has 2 N–H and O–H groups in total. The van der Waals surface area contributed by atoms with Crippen molar-refractivity contribution in [3.8, 4) is 0 Å². The molecule has 0 unspecified atom stereocenters. The van der Waals surface area contributed by atoms with Crippen LogP contribution in [0.3, 0.4) is 0 Å². The third-order valence-corrected chi connectivity index (χ3v) is 0. The fourth-order valence-corrected chi connectivity index (χ4v) is 0. The zero-order valence-corrected chi connectivity index (χ0v) is 11.1. The Hall–Kier alpha value is 3.25. The van der Waals surface area contributed by atoms with Gasteiger partial charge in [-0.05, 0) is 0 Å². The molecule has 24 valence electrons. The van der Waals surface area contributed by atoms with E-state index < -0.39 is 0 Å². The monoisotopic (exact) mass is 358 g/mol. The predicted molar refractivity (Wildman–Crippen MR) is 9.37 cm³/mol. The molecule has 0 saturated carbocycles. The van der Waals surface area contributed by atoms with E-state index in [2.05, 4.69) is 0 Å². The van der Waals surface area contributed by atoms with Crippen molar-refractivity contribution >= 4 is 48.9 Å². The van der Waals surface area contributed by atoms with Gasteiger partial charge in [-0.15, -0.1) is 0 Å². The van der Waals surface area contributed by atoms with E-state index in [0.717, 1.165) is 0 Å². The normalized spacial score (nSPS) is 0. The van der Waals surface area contributed by atoms with Crippen molar-refractivity contribution in [2.75, 3.05) is 0 Å². The minimum atomic E-state index is 0. The van der Waals surface area contributed by atoms with Crippen LogP contribution >= 0.6 is 0 Å². The molecule has 0 spiro atoms. The smallest absolute Gasteiger partial charge is 0 e. The fraction of sp³-hybridized carbons (Fsp3) is 0. The van der Waals surface area contributed by atoms with E-state index in [-0.39, 0.29) is 107 Å². The largest absolute Gasteiger partial charge is 0.412 e. The van der Waals surface area contributed by atoms with Gasteiger partial charge in [0, 0.05) is 102 Å². The van der Waals surface area contributed by atoms with Crippen molar-refractivity contribution in [2.24, 2.45) is 0 Å². The van der Waals surface area contributed by atoms with Crippen LogP contribution in [0.25, 0.3) is 0 Å². The van der Waals surface area contributed by atoms with E-state index in [0.29, 0.717) is 0 Å². The van der Waals surface area contributed by atoms with Crippen molar-refractivity contribution in [1.82, 2.24) is 0 Å². The zero-order valence-electron chi connectivity index (χ0n) is 2.09. The number of rotatable bonds is 0. The van der Waals surface area contributed by atoms with Crippen LogP contribution in [0.15, 0.2) is 0 Å². The number of hydrogen-bond donors (Lipinski definition) is 0. The Kier molecular flexibility index (Phi) is 109. The first-order valence-corrected chi connectivity index (χ1v) is 0. The maximum atomic E-state index is 0. The average Bonchev–Trinajstić information content (AvgIpc) is 0. The Morgan fingerprint density at radius 3 is 1.00 bits per heavy atom. The van der Waals surface area contributed by atoms with Gasteiger partial charge in [-0.25, -0.2) is 0 Å². The molecule has 0 fully saturated rings. The second kappa shape index (κ2) is 16.3. The molecule has 0 aromatic rings. The quantitative estimate of drug-likeness (QED) is 0.487. The van der Waals surface area contributed by atoms with E-state index in [1.807, 2.05) is 0 Å². The van der Waals surface area contributed by atoms with Gasteiger partial charge in [0.15, 0.2) is 0 Å². The van der Waals surface area contributed by atoms with Crippen molar-refractivity contribution in [3.05, 3.63) is 0 Å². The molecule has 4 radical (unpaired) electrons. The summed E-state index contributed by atoms with van der Waals surface area (Å²) < 4.78 is 0. The molecule has 0 atom stereocenters. The SMILES string of the molecule is O.[Ba].[Cu].[La]. The van der Waals surface area contributed by atoms with Crippen LogP contribution in [-0.4, -0.2) is 54.4 Å². The van der Waals surface area contributed by atoms with Crippen LogP contribution in [0, 0.1) is 35.6 Å². The minimum Gasteiger partial charge on any atom is -0.412 e. The fourth-order valence-electron chi connectivity index (χ4n) is 0. The molecule has 0 aromatic carbocycles. The van der Waals surface area contributed by atoms with Gasteiger partial charge in [0.05, 0.1) is 0 Å². The van der Waals surface area contributed by atoms with Crippen molar-refractivity contribution in [1.29, 1.82) is 0 Å². The maximum absolute atomic E-state index is 0. The molecular weight excluding hydrogens is 356 g/mol. The first kappa shape index (κ1) is 26.8. The van der Waals surface area contributed by atoms with Gasteiger partial charge in [-0.3, -0.25) is 0 Å². The second-order valence-corrected chi connectivity index (χ2v) is 0. The van der Waals surface area contributed by atoms with Gasteiger partial charge in [0.2, 0.25) is 0 Å². The third-order valence-electron chi connectivity index (χ3n) is 0. The van der Waals surface area contributed by atoms with Crippen LogP contribution in [0.1, 0.15) is 0 Å². The Balaban J connectivity index is 0. The van der Waals surface area contributed by atoms with E-state index in [1.165, 1.54) is 0 Å². The summed E-state index contributed by atoms with van der Waals surface area (Å²) in [5, 5.41) is 0. The molecule has 0 aromatic heterocycles. The molecule has 0 amide bonds. The summed E-state index contributed by atoms with van der Waals surface area (Å²) in [6.07, 6.45) is 0. The van der Waals surface area contributed by atoms with Crippen molar-refractivity contribution in [2.45, 2.75) is 0 Å². The van der Waals surface area contributed by atoms with Gasteiger partial charge in [0.25, 0.3) is 0 Å². The van der Waals surface area contributed by atoms with E-state index in [1.54, 1.807) is 0 Å². The molecule has 0 aliphatic carbocycles. The molecule has 0 aliphatic rings. The molecule has 4 heteroatoms. The van der Waals surface area contributed by atoms with Crippen LogP contribution < -0.4 is 0 Å². The summed E-state index contributed by atoms with van der Waals surface area (Å²) >= 11 is 0. The Morgan fingerprint density at radius 2 is 1.00 bits per heavy atom. The molecule has 0 heterocycles.